The number of fused-ring (bicyclic) bond motifs is 1. The molecular formula is C17H21N3O3S2. The molecule has 2 aliphatic rings. The fraction of sp³-hybridized carbons (Fsp3) is 0.471. The molecule has 134 valence electrons. The second-order valence-corrected chi connectivity index (χ2v) is 7.25. The van der Waals surface area contributed by atoms with Crippen LogP contribution in [0.15, 0.2) is 35.3 Å². The van der Waals surface area contributed by atoms with Crippen LogP contribution < -0.4 is 10.6 Å². The van der Waals surface area contributed by atoms with Gasteiger partial charge in [0.05, 0.1) is 22.9 Å². The summed E-state index contributed by atoms with van der Waals surface area (Å²) in [5.74, 6) is 0.236. The van der Waals surface area contributed by atoms with E-state index in [1.165, 1.54) is 0 Å². The number of para-hydroxylation sites is 1. The molecule has 2 heterocycles. The summed E-state index contributed by atoms with van der Waals surface area (Å²) < 4.78 is 0. The number of thioether (sulfide) groups is 1. The number of rotatable bonds is 6. The van der Waals surface area contributed by atoms with E-state index in [4.69, 9.17) is 5.11 Å². The van der Waals surface area contributed by atoms with Crippen LogP contribution in [0.4, 0.5) is 10.5 Å². The van der Waals surface area contributed by atoms with Crippen LogP contribution in [0.3, 0.4) is 0 Å². The van der Waals surface area contributed by atoms with Gasteiger partial charge in [-0.25, -0.2) is 4.79 Å². The molecular weight excluding hydrogens is 358 g/mol. The number of carbonyl (C=O) groups is 2. The number of carboxylic acids is 1. The van der Waals surface area contributed by atoms with Crippen LogP contribution in [0.2, 0.25) is 0 Å². The third kappa shape index (κ3) is 6.49. The quantitative estimate of drug-likeness (QED) is 0.306. The van der Waals surface area contributed by atoms with Crippen molar-refractivity contribution in [2.24, 2.45) is 4.99 Å². The molecule has 3 N–H and O–H groups in total. The summed E-state index contributed by atoms with van der Waals surface area (Å²) in [5, 5.41) is 17.1. The Balaban J connectivity index is 0.000000212. The topological polar surface area (TPSA) is 90.8 Å². The van der Waals surface area contributed by atoms with Gasteiger partial charge in [0, 0.05) is 17.4 Å². The van der Waals surface area contributed by atoms with Crippen molar-refractivity contribution in [1.29, 1.82) is 0 Å². The first-order chi connectivity index (χ1) is 12.1. The fourth-order valence-corrected chi connectivity index (χ4v) is 4.47. The monoisotopic (exact) mass is 379 g/mol. The van der Waals surface area contributed by atoms with Gasteiger partial charge in [-0.3, -0.25) is 4.79 Å². The summed E-state index contributed by atoms with van der Waals surface area (Å²) >= 11 is 6.29. The molecule has 0 spiro atoms. The molecule has 2 aliphatic heterocycles. The van der Waals surface area contributed by atoms with Crippen LogP contribution in [0.25, 0.3) is 0 Å². The standard InChI is InChI=1S/C10H16N2O3S.C7H5NS/c13-8(14)4-2-1-3-7-9-6(5-16-7)11-10(15)12-9;9-6-8-7-4-2-1-3-5-7/h6-7,9H,1-5H2,(H,13,14)(H2,11,12,15);1-5H/t6-,7-,9-;/m0./s1. The third-order valence-electron chi connectivity index (χ3n) is 4.00. The lowest BCUT2D eigenvalue weighted by molar-refractivity contribution is -0.137. The number of nitrogens with one attached hydrogen (secondary N) is 2. The summed E-state index contributed by atoms with van der Waals surface area (Å²) in [6.07, 6.45) is 2.88. The van der Waals surface area contributed by atoms with Gasteiger partial charge in [0.2, 0.25) is 0 Å². The number of carbonyl (C=O) groups excluding carboxylic acids is 1. The van der Waals surface area contributed by atoms with E-state index in [1.54, 1.807) is 0 Å². The molecule has 0 aromatic heterocycles. The molecule has 25 heavy (non-hydrogen) atoms. The lowest BCUT2D eigenvalue weighted by atomic mass is 10.0. The third-order valence-corrected chi connectivity index (χ3v) is 5.60. The summed E-state index contributed by atoms with van der Waals surface area (Å²) in [6.45, 7) is 0. The molecule has 0 radical (unpaired) electrons. The predicted octanol–water partition coefficient (Wildman–Crippen LogP) is 3.22. The Kier molecular flexibility index (Phi) is 7.91. The van der Waals surface area contributed by atoms with Gasteiger partial charge < -0.3 is 15.7 Å². The molecule has 0 saturated carbocycles. The maximum Gasteiger partial charge on any atom is 0.315 e. The number of nitrogens with zero attached hydrogens (tertiary/aromatic N) is 1. The van der Waals surface area contributed by atoms with E-state index in [-0.39, 0.29) is 24.5 Å². The van der Waals surface area contributed by atoms with Crippen LogP contribution in [0, 0.1) is 0 Å². The molecule has 8 heteroatoms. The van der Waals surface area contributed by atoms with Gasteiger partial charge in [-0.1, -0.05) is 24.6 Å². The van der Waals surface area contributed by atoms with Gasteiger partial charge in [0.25, 0.3) is 0 Å². The number of aliphatic carboxylic acids is 1. The van der Waals surface area contributed by atoms with Crippen molar-refractivity contribution in [3.8, 4) is 0 Å². The summed E-state index contributed by atoms with van der Waals surface area (Å²) in [4.78, 5) is 25.2. The summed E-state index contributed by atoms with van der Waals surface area (Å²) in [6, 6.07) is 9.94. The average Bonchev–Trinajstić information content (AvgIpc) is 3.13. The first-order valence-corrected chi connectivity index (χ1v) is 9.59. The number of unbranched alkanes of at least 4 members (excludes halogenated alkanes) is 1. The van der Waals surface area contributed by atoms with Crippen molar-refractivity contribution in [1.82, 2.24) is 10.6 Å². The van der Waals surface area contributed by atoms with Crippen LogP contribution in [-0.2, 0) is 4.79 Å². The Labute approximate surface area is 156 Å². The molecule has 2 amide bonds. The predicted molar refractivity (Wildman–Crippen MR) is 103 cm³/mol. The molecule has 6 nitrogen and oxygen atoms in total. The van der Waals surface area contributed by atoms with Gasteiger partial charge in [-0.2, -0.15) is 16.8 Å². The largest absolute Gasteiger partial charge is 0.481 e. The molecule has 0 bridgehead atoms. The SMILES string of the molecule is O=C(O)CCCC[C@@H]1SC[C@@H]2NC(=O)N[C@@H]21.S=C=Nc1ccccc1. The maximum absolute atomic E-state index is 11.1. The number of benzene rings is 1. The van der Waals surface area contributed by atoms with E-state index in [2.05, 4.69) is 33.0 Å². The highest BCUT2D eigenvalue weighted by Crippen LogP contribution is 2.33. The molecule has 0 aliphatic carbocycles. The molecule has 3 atom stereocenters. The van der Waals surface area contributed by atoms with Crippen molar-refractivity contribution in [3.05, 3.63) is 30.3 Å². The van der Waals surface area contributed by atoms with Crippen LogP contribution in [-0.4, -0.2) is 45.4 Å². The first kappa shape index (κ1) is 19.4. The Hall–Kier alpha value is -1.89. The summed E-state index contributed by atoms with van der Waals surface area (Å²) in [7, 11) is 0. The van der Waals surface area contributed by atoms with Crippen LogP contribution in [0.1, 0.15) is 25.7 Å². The van der Waals surface area contributed by atoms with Crippen molar-refractivity contribution in [2.75, 3.05) is 5.75 Å². The van der Waals surface area contributed by atoms with Crippen molar-refractivity contribution in [3.63, 3.8) is 0 Å². The van der Waals surface area contributed by atoms with Crippen molar-refractivity contribution < 1.29 is 14.7 Å². The second kappa shape index (κ2) is 10.2. The van der Waals surface area contributed by atoms with Crippen molar-refractivity contribution >= 4 is 46.8 Å². The van der Waals surface area contributed by atoms with Crippen LogP contribution >= 0.6 is 24.0 Å². The lowest BCUT2D eigenvalue weighted by Crippen LogP contribution is -2.36. The highest BCUT2D eigenvalue weighted by molar-refractivity contribution is 8.00. The number of thiocarbonyl (C=S) groups is 1. The molecule has 3 rings (SSSR count). The molecule has 0 unspecified atom stereocenters. The van der Waals surface area contributed by atoms with Crippen LogP contribution in [0.5, 0.6) is 0 Å². The smallest absolute Gasteiger partial charge is 0.315 e. The van der Waals surface area contributed by atoms with E-state index in [1.807, 2.05) is 42.1 Å². The first-order valence-electron chi connectivity index (χ1n) is 8.13. The lowest BCUT2D eigenvalue weighted by Gasteiger charge is -2.16. The number of aliphatic imine (C=N–C) groups is 1. The Morgan fingerprint density at radius 3 is 2.76 bits per heavy atom. The highest BCUT2D eigenvalue weighted by atomic mass is 32.2. The van der Waals surface area contributed by atoms with Gasteiger partial charge in [0.1, 0.15) is 0 Å². The number of amides is 2. The van der Waals surface area contributed by atoms with Gasteiger partial charge >= 0.3 is 12.0 Å². The van der Waals surface area contributed by atoms with E-state index in [0.717, 1.165) is 30.7 Å². The van der Waals surface area contributed by atoms with E-state index in [9.17, 15) is 9.59 Å². The van der Waals surface area contributed by atoms with Gasteiger partial charge in [-0.05, 0) is 37.2 Å². The number of urea groups is 1. The maximum atomic E-state index is 11.1. The highest BCUT2D eigenvalue weighted by Gasteiger charge is 2.42. The normalized spacial score (nSPS) is 23.4. The van der Waals surface area contributed by atoms with Gasteiger partial charge in [0.15, 0.2) is 0 Å². The molecule has 1 aromatic carbocycles. The molecule has 2 saturated heterocycles. The number of hydrogen-bond acceptors (Lipinski definition) is 5. The minimum absolute atomic E-state index is 0.0640. The number of hydrogen-bond donors (Lipinski definition) is 3. The Bertz CT molecular complexity index is 635. The zero-order valence-corrected chi connectivity index (χ0v) is 15.3. The average molecular weight is 380 g/mol. The zero-order valence-electron chi connectivity index (χ0n) is 13.7. The van der Waals surface area contributed by atoms with Gasteiger partial charge in [-0.15, -0.1) is 0 Å². The summed E-state index contributed by atoms with van der Waals surface area (Å²) in [5.41, 5.74) is 0.854. The Morgan fingerprint density at radius 1 is 1.32 bits per heavy atom. The minimum Gasteiger partial charge on any atom is -0.481 e. The Morgan fingerprint density at radius 2 is 2.08 bits per heavy atom. The second-order valence-electron chi connectivity index (χ2n) is 5.80. The molecule has 1 aromatic rings. The van der Waals surface area contributed by atoms with Crippen molar-refractivity contribution in [2.45, 2.75) is 43.0 Å². The van der Waals surface area contributed by atoms with E-state index in [0.29, 0.717) is 5.25 Å². The zero-order chi connectivity index (χ0) is 18.1. The molecule has 2 fully saturated rings. The number of isothiocyanates is 1. The minimum atomic E-state index is -0.729. The fourth-order valence-electron chi connectivity index (χ4n) is 2.82. The van der Waals surface area contributed by atoms with E-state index < -0.39 is 5.97 Å². The number of carboxylic acid groups (broad SMARTS) is 1. The van der Waals surface area contributed by atoms with E-state index >= 15 is 0 Å².